The summed E-state index contributed by atoms with van der Waals surface area (Å²) in [4.78, 5) is 24.7. The fourth-order valence-corrected chi connectivity index (χ4v) is 5.15. The summed E-state index contributed by atoms with van der Waals surface area (Å²) >= 11 is 0. The molecular formula is C28H24O6. The summed E-state index contributed by atoms with van der Waals surface area (Å²) in [6, 6.07) is 26.3. The molecule has 4 atom stereocenters. The molecule has 0 aliphatic heterocycles. The van der Waals surface area contributed by atoms with Crippen molar-refractivity contribution >= 4 is 0 Å². The Hall–Kier alpha value is -4.06. The Morgan fingerprint density at radius 3 is 1.29 bits per heavy atom. The van der Waals surface area contributed by atoms with Gasteiger partial charge in [0.05, 0.1) is 26.4 Å². The van der Waals surface area contributed by atoms with E-state index >= 15 is 0 Å². The monoisotopic (exact) mass is 456 g/mol. The van der Waals surface area contributed by atoms with Crippen LogP contribution in [0.3, 0.4) is 0 Å². The molecule has 0 radical (unpaired) electrons. The Morgan fingerprint density at radius 2 is 0.941 bits per heavy atom. The molecule has 0 unspecified atom stereocenters. The molecule has 0 N–H and O–H groups in total. The van der Waals surface area contributed by atoms with Gasteiger partial charge in [-0.2, -0.15) is 0 Å². The zero-order chi connectivity index (χ0) is 23.7. The summed E-state index contributed by atoms with van der Waals surface area (Å²) in [7, 11) is 3.03. The highest BCUT2D eigenvalue weighted by molar-refractivity contribution is 5.45. The molecule has 1 aliphatic carbocycles. The van der Waals surface area contributed by atoms with Crippen LogP contribution < -0.4 is 20.7 Å². The first-order valence-electron chi connectivity index (χ1n) is 11.1. The Bertz CT molecular complexity index is 1280. The van der Waals surface area contributed by atoms with Gasteiger partial charge in [0.1, 0.15) is 23.0 Å². The number of benzene rings is 2. The molecule has 4 aromatic rings. The molecule has 1 saturated carbocycles. The molecule has 5 rings (SSSR count). The van der Waals surface area contributed by atoms with E-state index in [1.54, 1.807) is 12.1 Å². The Kier molecular flexibility index (Phi) is 5.80. The second-order valence-electron chi connectivity index (χ2n) is 8.36. The van der Waals surface area contributed by atoms with Crippen molar-refractivity contribution in [3.63, 3.8) is 0 Å². The summed E-state index contributed by atoms with van der Waals surface area (Å²) in [5.41, 5.74) is 1.23. The number of hydrogen-bond donors (Lipinski definition) is 0. The maximum absolute atomic E-state index is 12.4. The highest BCUT2D eigenvalue weighted by atomic mass is 16.5. The predicted octanol–water partition coefficient (Wildman–Crippen LogP) is 5.06. The third kappa shape index (κ3) is 3.92. The summed E-state index contributed by atoms with van der Waals surface area (Å²) in [5, 5.41) is 0. The molecule has 2 heterocycles. The highest BCUT2D eigenvalue weighted by Gasteiger charge is 2.55. The minimum Gasteiger partial charge on any atom is -0.496 e. The Balaban J connectivity index is 1.74. The zero-order valence-electron chi connectivity index (χ0n) is 18.8. The number of hydrogen-bond acceptors (Lipinski definition) is 6. The van der Waals surface area contributed by atoms with E-state index in [1.165, 1.54) is 26.4 Å². The lowest BCUT2D eigenvalue weighted by Crippen LogP contribution is -2.40. The number of rotatable bonds is 6. The molecule has 6 heteroatoms. The third-order valence-corrected chi connectivity index (χ3v) is 6.57. The molecule has 0 saturated heterocycles. The molecule has 2 aromatic carbocycles. The van der Waals surface area contributed by atoms with Gasteiger partial charge in [0.25, 0.3) is 0 Å². The van der Waals surface area contributed by atoms with Gasteiger partial charge in [0.2, 0.25) is 0 Å². The van der Waals surface area contributed by atoms with E-state index in [4.69, 9.17) is 18.3 Å². The normalized spacial score (nSPS) is 21.5. The molecule has 34 heavy (non-hydrogen) atoms. The van der Waals surface area contributed by atoms with E-state index < -0.39 is 11.3 Å². The maximum atomic E-state index is 12.4. The van der Waals surface area contributed by atoms with Gasteiger partial charge >= 0.3 is 11.3 Å². The first-order chi connectivity index (χ1) is 16.6. The van der Waals surface area contributed by atoms with Crippen molar-refractivity contribution in [3.8, 4) is 11.5 Å². The molecule has 1 fully saturated rings. The topological polar surface area (TPSA) is 78.9 Å². The van der Waals surface area contributed by atoms with Gasteiger partial charge in [0, 0.05) is 35.8 Å². The fourth-order valence-electron chi connectivity index (χ4n) is 5.15. The Morgan fingerprint density at radius 1 is 0.559 bits per heavy atom. The van der Waals surface area contributed by atoms with E-state index in [0.717, 1.165) is 11.1 Å². The molecule has 172 valence electrons. The van der Waals surface area contributed by atoms with Gasteiger partial charge in [-0.3, -0.25) is 0 Å². The van der Waals surface area contributed by atoms with Gasteiger partial charge in [-0.05, 0) is 11.1 Å². The molecular weight excluding hydrogens is 432 g/mol. The van der Waals surface area contributed by atoms with Crippen LogP contribution in [0.25, 0.3) is 0 Å². The highest BCUT2D eigenvalue weighted by Crippen LogP contribution is 2.66. The van der Waals surface area contributed by atoms with Crippen molar-refractivity contribution in [1.82, 2.24) is 0 Å². The SMILES string of the molecule is COc1cc([C@@H]2[C@@H](c3ccccc3)[C@@H](c3ccccc3)[C@@H]2c2cc(OC)cc(=O)o2)oc(=O)c1. The molecule has 0 spiro atoms. The number of ether oxygens (including phenoxy) is 2. The molecule has 0 amide bonds. The van der Waals surface area contributed by atoms with E-state index in [2.05, 4.69) is 24.3 Å². The zero-order valence-corrected chi connectivity index (χ0v) is 18.8. The predicted molar refractivity (Wildman–Crippen MR) is 127 cm³/mol. The van der Waals surface area contributed by atoms with Crippen LogP contribution in [-0.4, -0.2) is 14.2 Å². The first kappa shape index (κ1) is 21.8. The summed E-state index contributed by atoms with van der Waals surface area (Å²) in [6.07, 6.45) is 0. The van der Waals surface area contributed by atoms with Gasteiger partial charge < -0.3 is 18.3 Å². The first-order valence-corrected chi connectivity index (χ1v) is 11.1. The van der Waals surface area contributed by atoms with Crippen molar-refractivity contribution in [1.29, 1.82) is 0 Å². The van der Waals surface area contributed by atoms with Crippen LogP contribution in [0.1, 0.15) is 46.3 Å². The van der Waals surface area contributed by atoms with Crippen molar-refractivity contribution in [2.75, 3.05) is 14.2 Å². The summed E-state index contributed by atoms with van der Waals surface area (Å²) in [6.45, 7) is 0. The van der Waals surface area contributed by atoms with E-state index in [0.29, 0.717) is 23.0 Å². The fraction of sp³-hybridized carbons (Fsp3) is 0.214. The van der Waals surface area contributed by atoms with Crippen molar-refractivity contribution in [3.05, 3.63) is 128 Å². The van der Waals surface area contributed by atoms with Crippen LogP contribution in [0, 0.1) is 0 Å². The quantitative estimate of drug-likeness (QED) is 0.404. The van der Waals surface area contributed by atoms with Gasteiger partial charge in [0.15, 0.2) is 0 Å². The van der Waals surface area contributed by atoms with Crippen molar-refractivity contribution < 1.29 is 18.3 Å². The van der Waals surface area contributed by atoms with Gasteiger partial charge in [-0.15, -0.1) is 0 Å². The second-order valence-corrected chi connectivity index (χ2v) is 8.36. The van der Waals surface area contributed by atoms with Crippen LogP contribution in [0.2, 0.25) is 0 Å². The lowest BCUT2D eigenvalue weighted by atomic mass is 9.51. The maximum Gasteiger partial charge on any atom is 0.339 e. The third-order valence-electron chi connectivity index (χ3n) is 6.57. The molecule has 6 nitrogen and oxygen atoms in total. The summed E-state index contributed by atoms with van der Waals surface area (Å²) in [5.74, 6) is 1.22. The lowest BCUT2D eigenvalue weighted by Gasteiger charge is -2.51. The van der Waals surface area contributed by atoms with Crippen LogP contribution >= 0.6 is 0 Å². The smallest absolute Gasteiger partial charge is 0.339 e. The number of methoxy groups -OCH3 is 2. The van der Waals surface area contributed by atoms with Crippen LogP contribution in [-0.2, 0) is 0 Å². The van der Waals surface area contributed by atoms with Crippen LogP contribution in [0.4, 0.5) is 0 Å². The minimum atomic E-state index is -0.491. The molecule has 2 aromatic heterocycles. The average Bonchev–Trinajstić information content (AvgIpc) is 2.84. The average molecular weight is 456 g/mol. The minimum absolute atomic E-state index is 0.0274. The van der Waals surface area contributed by atoms with E-state index in [1.807, 2.05) is 36.4 Å². The Labute approximate surface area is 196 Å². The summed E-state index contributed by atoms with van der Waals surface area (Å²) < 4.78 is 22.1. The van der Waals surface area contributed by atoms with Gasteiger partial charge in [-0.1, -0.05) is 60.7 Å². The standard InChI is InChI=1S/C28H24O6/c1-31-19-13-21(33-23(29)15-19)27-25(17-9-5-3-6-10-17)26(18-11-7-4-8-12-18)28(27)22-14-20(32-2)16-24(30)34-22/h3-16,25-28H,1-2H3/t25-,26+,27+,28-. The molecule has 1 aliphatic rings. The second kappa shape index (κ2) is 9.06. The van der Waals surface area contributed by atoms with Crippen molar-refractivity contribution in [2.45, 2.75) is 23.7 Å². The molecule has 0 bridgehead atoms. The van der Waals surface area contributed by atoms with E-state index in [-0.39, 0.29) is 23.7 Å². The van der Waals surface area contributed by atoms with Crippen molar-refractivity contribution in [2.24, 2.45) is 0 Å². The van der Waals surface area contributed by atoms with Crippen LogP contribution in [0.5, 0.6) is 11.5 Å². The largest absolute Gasteiger partial charge is 0.496 e. The van der Waals surface area contributed by atoms with Gasteiger partial charge in [-0.25, -0.2) is 9.59 Å². The van der Waals surface area contributed by atoms with E-state index in [9.17, 15) is 9.59 Å². The van der Waals surface area contributed by atoms with Crippen LogP contribution in [0.15, 0.2) is 103 Å². The lowest BCUT2D eigenvalue weighted by molar-refractivity contribution is 0.167.